The maximum absolute atomic E-state index is 12.5. The van der Waals surface area contributed by atoms with E-state index in [-0.39, 0.29) is 12.2 Å². The minimum atomic E-state index is -2.45. The molecule has 0 fully saturated rings. The molecule has 0 spiro atoms. The third-order valence-corrected chi connectivity index (χ3v) is 2.44. The molecule has 0 saturated carbocycles. The van der Waals surface area contributed by atoms with Crippen LogP contribution in [-0.4, -0.2) is 11.7 Å². The Labute approximate surface area is 89.9 Å². The number of halogens is 3. The second kappa shape index (κ2) is 5.41. The van der Waals surface area contributed by atoms with Crippen LogP contribution >= 0.6 is 15.9 Å². The molecule has 0 bridgehead atoms. The van der Waals surface area contributed by atoms with E-state index in [1.54, 1.807) is 12.1 Å². The lowest BCUT2D eigenvalue weighted by atomic mass is 10.0. The van der Waals surface area contributed by atoms with Crippen LogP contribution in [-0.2, 0) is 6.42 Å². The van der Waals surface area contributed by atoms with Gasteiger partial charge in [0.1, 0.15) is 0 Å². The third kappa shape index (κ3) is 3.03. The number of benzene rings is 1. The Morgan fingerprint density at radius 3 is 2.64 bits per heavy atom. The molecule has 1 aromatic carbocycles. The minimum Gasteiger partial charge on any atom is -0.396 e. The molecule has 0 saturated heterocycles. The smallest absolute Gasteiger partial charge is 0.264 e. The molecule has 0 aliphatic rings. The summed E-state index contributed by atoms with van der Waals surface area (Å²) in [5.41, 5.74) is 0.657. The predicted molar refractivity (Wildman–Crippen MR) is 54.5 cm³/mol. The first-order valence-corrected chi connectivity index (χ1v) is 5.11. The van der Waals surface area contributed by atoms with Crippen molar-refractivity contribution in [2.45, 2.75) is 19.3 Å². The molecule has 0 aliphatic carbocycles. The zero-order chi connectivity index (χ0) is 10.6. The summed E-state index contributed by atoms with van der Waals surface area (Å²) in [6, 6.07) is 4.70. The van der Waals surface area contributed by atoms with E-state index >= 15 is 0 Å². The van der Waals surface area contributed by atoms with Gasteiger partial charge in [0.15, 0.2) is 0 Å². The van der Waals surface area contributed by atoms with Crippen molar-refractivity contribution in [2.24, 2.45) is 0 Å². The number of aryl methyl sites for hydroxylation is 1. The Balaban J connectivity index is 2.91. The van der Waals surface area contributed by atoms with Gasteiger partial charge in [-0.05, 0) is 30.5 Å². The highest BCUT2D eigenvalue weighted by Crippen LogP contribution is 2.26. The highest BCUT2D eigenvalue weighted by atomic mass is 79.9. The first kappa shape index (κ1) is 11.6. The average Bonchev–Trinajstić information content (AvgIpc) is 2.14. The molecular weight excluding hydrogens is 254 g/mol. The quantitative estimate of drug-likeness (QED) is 0.885. The SMILES string of the molecule is OCCCc1cc(Br)ccc1C(F)F. The van der Waals surface area contributed by atoms with Gasteiger partial charge in [-0.15, -0.1) is 0 Å². The van der Waals surface area contributed by atoms with Gasteiger partial charge in [-0.1, -0.05) is 22.0 Å². The molecule has 0 radical (unpaired) electrons. The summed E-state index contributed by atoms with van der Waals surface area (Å²) >= 11 is 3.23. The number of aliphatic hydroxyl groups is 1. The van der Waals surface area contributed by atoms with E-state index in [1.165, 1.54) is 6.07 Å². The zero-order valence-electron chi connectivity index (χ0n) is 7.51. The van der Waals surface area contributed by atoms with E-state index in [0.29, 0.717) is 18.4 Å². The molecule has 0 amide bonds. The average molecular weight is 265 g/mol. The highest BCUT2D eigenvalue weighted by molar-refractivity contribution is 9.10. The topological polar surface area (TPSA) is 20.2 Å². The molecule has 14 heavy (non-hydrogen) atoms. The van der Waals surface area contributed by atoms with Crippen LogP contribution in [0.2, 0.25) is 0 Å². The van der Waals surface area contributed by atoms with Crippen LogP contribution in [0.15, 0.2) is 22.7 Å². The van der Waals surface area contributed by atoms with Gasteiger partial charge >= 0.3 is 0 Å². The van der Waals surface area contributed by atoms with E-state index in [9.17, 15) is 8.78 Å². The molecule has 1 aromatic rings. The van der Waals surface area contributed by atoms with E-state index < -0.39 is 6.43 Å². The zero-order valence-corrected chi connectivity index (χ0v) is 9.10. The van der Waals surface area contributed by atoms with Gasteiger partial charge in [0.25, 0.3) is 6.43 Å². The lowest BCUT2D eigenvalue weighted by Crippen LogP contribution is -1.96. The van der Waals surface area contributed by atoms with Gasteiger partial charge in [0.05, 0.1) is 0 Å². The highest BCUT2D eigenvalue weighted by Gasteiger charge is 2.12. The first-order chi connectivity index (χ1) is 6.65. The summed E-state index contributed by atoms with van der Waals surface area (Å²) in [5.74, 6) is 0. The van der Waals surface area contributed by atoms with Crippen LogP contribution in [0.1, 0.15) is 24.0 Å². The van der Waals surface area contributed by atoms with Gasteiger partial charge in [-0.2, -0.15) is 0 Å². The molecule has 78 valence electrons. The van der Waals surface area contributed by atoms with Gasteiger partial charge in [-0.3, -0.25) is 0 Å². The van der Waals surface area contributed by atoms with Crippen LogP contribution in [0, 0.1) is 0 Å². The number of hydrogen-bond acceptors (Lipinski definition) is 1. The Hall–Kier alpha value is -0.480. The van der Waals surface area contributed by atoms with Crippen molar-refractivity contribution in [1.29, 1.82) is 0 Å². The largest absolute Gasteiger partial charge is 0.396 e. The molecule has 0 heterocycles. The third-order valence-electron chi connectivity index (χ3n) is 1.94. The van der Waals surface area contributed by atoms with Crippen molar-refractivity contribution in [1.82, 2.24) is 0 Å². The number of rotatable bonds is 4. The van der Waals surface area contributed by atoms with Crippen molar-refractivity contribution in [3.8, 4) is 0 Å². The van der Waals surface area contributed by atoms with Gasteiger partial charge in [0, 0.05) is 16.6 Å². The molecular formula is C10H11BrF2O. The number of hydrogen-bond donors (Lipinski definition) is 1. The molecule has 0 atom stereocenters. The normalized spacial score (nSPS) is 10.9. The summed E-state index contributed by atoms with van der Waals surface area (Å²) in [6.07, 6.45) is -1.46. The monoisotopic (exact) mass is 264 g/mol. The second-order valence-electron chi connectivity index (χ2n) is 2.97. The van der Waals surface area contributed by atoms with Crippen molar-refractivity contribution >= 4 is 15.9 Å². The van der Waals surface area contributed by atoms with Crippen LogP contribution in [0.3, 0.4) is 0 Å². The second-order valence-corrected chi connectivity index (χ2v) is 3.89. The van der Waals surface area contributed by atoms with Crippen LogP contribution in [0.5, 0.6) is 0 Å². The first-order valence-electron chi connectivity index (χ1n) is 4.32. The van der Waals surface area contributed by atoms with Crippen LogP contribution in [0.25, 0.3) is 0 Å². The Kier molecular flexibility index (Phi) is 4.48. The van der Waals surface area contributed by atoms with Crippen molar-refractivity contribution in [2.75, 3.05) is 6.61 Å². The van der Waals surface area contributed by atoms with Crippen molar-refractivity contribution in [3.05, 3.63) is 33.8 Å². The molecule has 1 nitrogen and oxygen atoms in total. The van der Waals surface area contributed by atoms with E-state index in [1.807, 2.05) is 0 Å². The van der Waals surface area contributed by atoms with E-state index in [0.717, 1.165) is 4.47 Å². The summed E-state index contributed by atoms with van der Waals surface area (Å²) < 4.78 is 25.8. The Bertz CT molecular complexity index is 302. The molecule has 1 rings (SSSR count). The van der Waals surface area contributed by atoms with E-state index in [4.69, 9.17) is 5.11 Å². The van der Waals surface area contributed by atoms with Gasteiger partial charge in [-0.25, -0.2) is 8.78 Å². The maximum Gasteiger partial charge on any atom is 0.264 e. The Morgan fingerprint density at radius 2 is 2.07 bits per heavy atom. The maximum atomic E-state index is 12.5. The fourth-order valence-electron chi connectivity index (χ4n) is 1.27. The molecule has 0 unspecified atom stereocenters. The Morgan fingerprint density at radius 1 is 1.36 bits per heavy atom. The van der Waals surface area contributed by atoms with Gasteiger partial charge < -0.3 is 5.11 Å². The van der Waals surface area contributed by atoms with Crippen LogP contribution in [0.4, 0.5) is 8.78 Å². The standard InChI is InChI=1S/C10H11BrF2O/c11-8-3-4-9(10(12)13)7(6-8)2-1-5-14/h3-4,6,10,14H,1-2,5H2. The molecule has 1 N–H and O–H groups in total. The molecule has 4 heteroatoms. The van der Waals surface area contributed by atoms with Crippen molar-refractivity contribution < 1.29 is 13.9 Å². The molecule has 0 aromatic heterocycles. The lowest BCUT2D eigenvalue weighted by Gasteiger charge is -2.08. The lowest BCUT2D eigenvalue weighted by molar-refractivity contribution is 0.150. The summed E-state index contributed by atoms with van der Waals surface area (Å²) in [7, 11) is 0. The molecule has 0 aliphatic heterocycles. The van der Waals surface area contributed by atoms with Gasteiger partial charge in [0.2, 0.25) is 0 Å². The summed E-state index contributed by atoms with van der Waals surface area (Å²) in [4.78, 5) is 0. The number of alkyl halides is 2. The number of aliphatic hydroxyl groups excluding tert-OH is 1. The summed E-state index contributed by atoms with van der Waals surface area (Å²) in [6.45, 7) is 0.0230. The minimum absolute atomic E-state index is 0.0230. The fraction of sp³-hybridized carbons (Fsp3) is 0.400. The van der Waals surface area contributed by atoms with Crippen LogP contribution < -0.4 is 0 Å². The van der Waals surface area contributed by atoms with E-state index in [2.05, 4.69) is 15.9 Å². The summed E-state index contributed by atoms with van der Waals surface area (Å²) in [5, 5.41) is 8.63. The predicted octanol–water partition coefficient (Wildman–Crippen LogP) is 3.31. The fourth-order valence-corrected chi connectivity index (χ4v) is 1.68. The van der Waals surface area contributed by atoms with Crippen molar-refractivity contribution in [3.63, 3.8) is 0 Å².